The summed E-state index contributed by atoms with van der Waals surface area (Å²) in [6.45, 7) is 2.20. The highest BCUT2D eigenvalue weighted by Gasteiger charge is 2.36. The Morgan fingerprint density at radius 3 is 2.47 bits per heavy atom. The van der Waals surface area contributed by atoms with Gasteiger partial charge in [0.25, 0.3) is 5.91 Å². The Hall–Kier alpha value is -4.25. The molecule has 2 unspecified atom stereocenters. The van der Waals surface area contributed by atoms with Crippen LogP contribution in [0.25, 0.3) is 0 Å². The van der Waals surface area contributed by atoms with E-state index < -0.39 is 24.1 Å². The van der Waals surface area contributed by atoms with Gasteiger partial charge in [-0.25, -0.2) is 15.0 Å². The third kappa shape index (κ3) is 8.86. The molecule has 3 heterocycles. The number of carbonyl (C=O) groups excluding carboxylic acids is 3. The second kappa shape index (κ2) is 16.9. The predicted octanol–water partition coefficient (Wildman–Crippen LogP) is 2.35. The lowest BCUT2D eigenvalue weighted by atomic mass is 10.1. The van der Waals surface area contributed by atoms with E-state index >= 15 is 0 Å². The minimum Gasteiger partial charge on any atom is -0.370 e. The number of rotatable bonds is 13. The number of aliphatic imine (C=N–C) groups is 1. The summed E-state index contributed by atoms with van der Waals surface area (Å²) in [6, 6.07) is 14.3. The van der Waals surface area contributed by atoms with Crippen LogP contribution in [-0.4, -0.2) is 95.5 Å². The predicted molar refractivity (Wildman–Crippen MR) is 195 cm³/mol. The van der Waals surface area contributed by atoms with E-state index in [0.717, 1.165) is 17.1 Å². The Kier molecular flexibility index (Phi) is 13.0. The number of amides is 3. The number of guanidine groups is 1. The van der Waals surface area contributed by atoms with Crippen LogP contribution in [0.4, 0.5) is 28.4 Å². The Morgan fingerprint density at radius 1 is 1.04 bits per heavy atom. The van der Waals surface area contributed by atoms with E-state index in [2.05, 4.69) is 20.9 Å². The molecule has 18 heteroatoms. The van der Waals surface area contributed by atoms with Crippen LogP contribution in [0.1, 0.15) is 22.2 Å². The zero-order valence-electron chi connectivity index (χ0n) is 26.8. The molecule has 0 bridgehead atoms. The normalized spacial score (nSPS) is 17.1. The number of halogens is 3. The molecule has 1 aromatic heterocycles. The number of hydrogen-bond acceptors (Lipinski definition) is 9. The summed E-state index contributed by atoms with van der Waals surface area (Å²) in [6.07, 6.45) is 0.446. The second-order valence-electron chi connectivity index (χ2n) is 11.2. The van der Waals surface area contributed by atoms with Gasteiger partial charge in [0, 0.05) is 56.7 Å². The Labute approximate surface area is 300 Å². The van der Waals surface area contributed by atoms with E-state index in [1.165, 1.54) is 0 Å². The Morgan fingerprint density at radius 2 is 1.78 bits per heavy atom. The molecule has 15 nitrogen and oxygen atoms in total. The first-order valence-corrected chi connectivity index (χ1v) is 16.3. The highest BCUT2D eigenvalue weighted by molar-refractivity contribution is 6.18. The second-order valence-corrected chi connectivity index (χ2v) is 11.9. The van der Waals surface area contributed by atoms with Crippen LogP contribution in [-0.2, 0) is 21.4 Å². The van der Waals surface area contributed by atoms with Crippen molar-refractivity contribution < 1.29 is 19.1 Å². The molecule has 3 amide bonds. The molecule has 0 spiro atoms. The maximum absolute atomic E-state index is 13.8. The third-order valence-corrected chi connectivity index (χ3v) is 8.29. The zero-order valence-corrected chi connectivity index (χ0v) is 29.1. The molecule has 1 saturated heterocycles. The highest BCUT2D eigenvalue weighted by atomic mass is 35.5. The number of alkyl halides is 2. The summed E-state index contributed by atoms with van der Waals surface area (Å²) in [5, 5.41) is 13.4. The van der Waals surface area contributed by atoms with Crippen molar-refractivity contribution in [2.45, 2.75) is 12.3 Å². The summed E-state index contributed by atoms with van der Waals surface area (Å²) < 4.78 is 7.76. The highest BCUT2D eigenvalue weighted by Crippen LogP contribution is 2.48. The molecule has 5 rings (SSSR count). The summed E-state index contributed by atoms with van der Waals surface area (Å²) in [7, 11) is 1.84. The standard InChI is InChI=1S/C31H39Cl2N11O4.ClH/c1-41-17-20(38-27(45)16-37-31(35)36)15-25(41)29-39-21-4-2-3-5-23(21)44(29)24-14-19(28(34)46)6-7-22(24)40-30(47)26-18-43(12-13-48-26)42(10-8-32)11-9-33;/h2-7,14-15,17,26,29,39H,8-13,16,18H2,1H3,(H2,34,46)(H,38,45)(H,40,47)(H4,35,36,37);1H. The van der Waals surface area contributed by atoms with Crippen LogP contribution in [0.5, 0.6) is 0 Å². The van der Waals surface area contributed by atoms with E-state index in [4.69, 9.17) is 45.1 Å². The van der Waals surface area contributed by atoms with Gasteiger partial charge in [-0.3, -0.25) is 14.4 Å². The van der Waals surface area contributed by atoms with Crippen molar-refractivity contribution in [3.05, 3.63) is 66.0 Å². The number of hydrogen-bond donors (Lipinski definition) is 6. The van der Waals surface area contributed by atoms with Crippen molar-refractivity contribution in [2.75, 3.05) is 71.9 Å². The SMILES string of the molecule is Cl.Cn1cc(NC(=O)CN=C(N)N)cc1C1Nc2ccccc2N1c1cc(C(N)=O)ccc1NC(=O)C1CN(N(CCCl)CCCl)CCO1. The number of nitrogens with two attached hydrogens (primary N) is 3. The van der Waals surface area contributed by atoms with E-state index in [1.54, 1.807) is 24.4 Å². The number of anilines is 5. The Balaban J connectivity index is 0.00000541. The molecule has 0 saturated carbocycles. The van der Waals surface area contributed by atoms with Crippen molar-refractivity contribution >= 4 is 87.7 Å². The average molecular weight is 737 g/mol. The number of primary amides is 1. The number of carbonyl (C=O) groups is 3. The van der Waals surface area contributed by atoms with Gasteiger partial charge in [-0.05, 0) is 36.4 Å². The van der Waals surface area contributed by atoms with Gasteiger partial charge >= 0.3 is 0 Å². The number of benzene rings is 2. The van der Waals surface area contributed by atoms with Gasteiger partial charge in [0.2, 0.25) is 11.8 Å². The monoisotopic (exact) mass is 735 g/mol. The molecule has 3 aromatic rings. The number of aromatic nitrogens is 1. The van der Waals surface area contributed by atoms with Crippen LogP contribution in [0.15, 0.2) is 59.7 Å². The van der Waals surface area contributed by atoms with Gasteiger partial charge in [-0.15, -0.1) is 35.6 Å². The van der Waals surface area contributed by atoms with Gasteiger partial charge < -0.3 is 47.4 Å². The molecular weight excluding hydrogens is 697 g/mol. The fourth-order valence-corrected chi connectivity index (χ4v) is 6.15. The first kappa shape index (κ1) is 37.6. The first-order valence-electron chi connectivity index (χ1n) is 15.2. The fourth-order valence-electron chi connectivity index (χ4n) is 5.76. The van der Waals surface area contributed by atoms with Crippen molar-refractivity contribution in [1.82, 2.24) is 14.6 Å². The number of fused-ring (bicyclic) bond motifs is 1. The van der Waals surface area contributed by atoms with Crippen molar-refractivity contribution in [3.63, 3.8) is 0 Å². The van der Waals surface area contributed by atoms with E-state index in [0.29, 0.717) is 61.6 Å². The van der Waals surface area contributed by atoms with Gasteiger partial charge in [-0.2, -0.15) is 0 Å². The van der Waals surface area contributed by atoms with Crippen LogP contribution in [0.3, 0.4) is 0 Å². The number of ether oxygens (including phenoxy) is 1. The molecule has 2 aromatic carbocycles. The summed E-state index contributed by atoms with van der Waals surface area (Å²) in [5.41, 5.74) is 20.5. The van der Waals surface area contributed by atoms with Gasteiger partial charge in [0.15, 0.2) is 12.1 Å². The topological polar surface area (TPSA) is 202 Å². The molecular formula is C31H40Cl3N11O4. The molecule has 0 aliphatic carbocycles. The van der Waals surface area contributed by atoms with Crippen LogP contribution in [0.2, 0.25) is 0 Å². The number of aryl methyl sites for hydroxylation is 1. The van der Waals surface area contributed by atoms with E-state index in [9.17, 15) is 14.4 Å². The lowest BCUT2D eigenvalue weighted by molar-refractivity contribution is -0.147. The minimum absolute atomic E-state index is 0. The number of nitrogens with zero attached hydrogens (tertiary/aromatic N) is 5. The average Bonchev–Trinajstić information content (AvgIpc) is 3.63. The Bertz CT molecular complexity index is 1680. The van der Waals surface area contributed by atoms with Gasteiger partial charge in [0.05, 0.1) is 40.7 Å². The molecule has 0 radical (unpaired) electrons. The quantitative estimate of drug-likeness (QED) is 0.0860. The van der Waals surface area contributed by atoms with Crippen LogP contribution >= 0.6 is 35.6 Å². The van der Waals surface area contributed by atoms with Crippen LogP contribution in [0, 0.1) is 0 Å². The van der Waals surface area contributed by atoms with Crippen molar-refractivity contribution in [3.8, 4) is 0 Å². The van der Waals surface area contributed by atoms with Crippen LogP contribution < -0.4 is 38.1 Å². The first-order chi connectivity index (χ1) is 23.1. The third-order valence-electron chi connectivity index (χ3n) is 7.95. The summed E-state index contributed by atoms with van der Waals surface area (Å²) in [5.74, 6) is -0.723. The number of nitrogens with one attached hydrogen (secondary N) is 3. The molecule has 2 aliphatic rings. The molecule has 2 aliphatic heterocycles. The maximum Gasteiger partial charge on any atom is 0.254 e. The van der Waals surface area contributed by atoms with Gasteiger partial charge in [-0.1, -0.05) is 12.1 Å². The fraction of sp³-hybridized carbons (Fsp3) is 0.355. The van der Waals surface area contributed by atoms with Crippen molar-refractivity contribution in [2.24, 2.45) is 29.2 Å². The number of morpholine rings is 1. The van der Waals surface area contributed by atoms with E-state index in [-0.39, 0.29) is 36.4 Å². The minimum atomic E-state index is -0.784. The van der Waals surface area contributed by atoms with Gasteiger partial charge in [0.1, 0.15) is 12.7 Å². The molecule has 264 valence electrons. The maximum atomic E-state index is 13.8. The number of para-hydroxylation sites is 2. The van der Waals surface area contributed by atoms with Crippen molar-refractivity contribution in [1.29, 1.82) is 0 Å². The lowest BCUT2D eigenvalue weighted by Crippen LogP contribution is -2.55. The molecule has 49 heavy (non-hydrogen) atoms. The smallest absolute Gasteiger partial charge is 0.254 e. The summed E-state index contributed by atoms with van der Waals surface area (Å²) >= 11 is 12.0. The molecule has 9 N–H and O–H groups in total. The zero-order chi connectivity index (χ0) is 34.4. The van der Waals surface area contributed by atoms with E-state index in [1.807, 2.05) is 56.9 Å². The molecule has 1 fully saturated rings. The summed E-state index contributed by atoms with van der Waals surface area (Å²) in [4.78, 5) is 44.3. The lowest BCUT2D eigenvalue weighted by Gasteiger charge is -2.39. The largest absolute Gasteiger partial charge is 0.370 e. The number of hydrazine groups is 1. The molecule has 2 atom stereocenters.